The van der Waals surface area contributed by atoms with E-state index >= 15 is 0 Å². The number of amides is 1. The lowest BCUT2D eigenvalue weighted by molar-refractivity contribution is -0.120. The Hall–Kier alpha value is -1.78. The van der Waals surface area contributed by atoms with E-state index in [0.717, 1.165) is 51.4 Å². The number of hydrogen-bond acceptors (Lipinski definition) is 8. The maximum atomic E-state index is 13.4. The van der Waals surface area contributed by atoms with Crippen LogP contribution >= 0.6 is 34.4 Å². The lowest BCUT2D eigenvalue weighted by Gasteiger charge is -2.30. The van der Waals surface area contributed by atoms with Crippen molar-refractivity contribution in [3.8, 4) is 0 Å². The Morgan fingerprint density at radius 2 is 2.15 bits per heavy atom. The average molecular weight is 424 g/mol. The Labute approximate surface area is 168 Å². The van der Waals surface area contributed by atoms with Crippen molar-refractivity contribution in [3.63, 3.8) is 0 Å². The van der Waals surface area contributed by atoms with Crippen LogP contribution in [0.1, 0.15) is 19.8 Å². The predicted octanol–water partition coefficient (Wildman–Crippen LogP) is 4.25. The molecule has 1 aromatic carbocycles. The first-order chi connectivity index (χ1) is 13.1. The second-order valence-corrected chi connectivity index (χ2v) is 9.66. The number of benzene rings is 1. The molecule has 4 rings (SSSR count). The minimum Gasteiger partial charge on any atom is -0.348 e. The van der Waals surface area contributed by atoms with Gasteiger partial charge in [-0.15, -0.1) is 10.2 Å². The molecule has 1 amide bonds. The maximum absolute atomic E-state index is 13.4. The quantitative estimate of drug-likeness (QED) is 0.489. The van der Waals surface area contributed by atoms with Gasteiger partial charge in [0.15, 0.2) is 9.47 Å². The summed E-state index contributed by atoms with van der Waals surface area (Å²) in [7, 11) is 0. The molecular formula is C17H18FN5OS3. The first kappa shape index (κ1) is 18.6. The van der Waals surface area contributed by atoms with Crippen molar-refractivity contribution in [1.29, 1.82) is 0 Å². The highest BCUT2D eigenvalue weighted by Crippen LogP contribution is 2.32. The number of nitrogens with one attached hydrogen (secondary N) is 1. The molecule has 27 heavy (non-hydrogen) atoms. The number of fused-ring (bicyclic) bond motifs is 1. The van der Waals surface area contributed by atoms with E-state index in [1.54, 1.807) is 17.8 Å². The summed E-state index contributed by atoms with van der Waals surface area (Å²) in [5, 5.41) is 12.4. The summed E-state index contributed by atoms with van der Waals surface area (Å²) < 4.78 is 15.1. The van der Waals surface area contributed by atoms with Crippen molar-refractivity contribution in [2.24, 2.45) is 5.92 Å². The summed E-state index contributed by atoms with van der Waals surface area (Å²) in [6.45, 7) is 3.57. The normalized spacial score (nSPS) is 15.4. The molecule has 0 bridgehead atoms. The van der Waals surface area contributed by atoms with E-state index in [1.165, 1.54) is 34.8 Å². The molecule has 0 atom stereocenters. The molecular weight excluding hydrogens is 405 g/mol. The van der Waals surface area contributed by atoms with E-state index in [0.29, 0.717) is 5.13 Å². The van der Waals surface area contributed by atoms with Gasteiger partial charge in [0.25, 0.3) is 0 Å². The fourth-order valence-corrected chi connectivity index (χ4v) is 5.70. The maximum Gasteiger partial charge on any atom is 0.229 e. The van der Waals surface area contributed by atoms with Crippen LogP contribution in [0.5, 0.6) is 0 Å². The van der Waals surface area contributed by atoms with Crippen LogP contribution < -0.4 is 10.2 Å². The number of nitrogens with zero attached hydrogens (tertiary/aromatic N) is 4. The SMILES string of the molecule is CCSc1nnc(NC(=O)C2CCN(c3nc4ccc(F)cc4s3)CC2)s1. The summed E-state index contributed by atoms with van der Waals surface area (Å²) >= 11 is 4.52. The number of thiazole rings is 1. The number of rotatable bonds is 5. The fourth-order valence-electron chi connectivity index (χ4n) is 3.00. The van der Waals surface area contributed by atoms with Gasteiger partial charge in [0.2, 0.25) is 11.0 Å². The van der Waals surface area contributed by atoms with E-state index in [1.807, 2.05) is 0 Å². The highest BCUT2D eigenvalue weighted by molar-refractivity contribution is 8.01. The molecule has 0 radical (unpaired) electrons. The van der Waals surface area contributed by atoms with E-state index in [9.17, 15) is 9.18 Å². The molecule has 0 saturated carbocycles. The second-order valence-electron chi connectivity index (χ2n) is 6.17. The van der Waals surface area contributed by atoms with Crippen molar-refractivity contribution in [2.45, 2.75) is 24.1 Å². The van der Waals surface area contributed by atoms with Gasteiger partial charge in [-0.05, 0) is 36.8 Å². The Morgan fingerprint density at radius 1 is 1.33 bits per heavy atom. The fraction of sp³-hybridized carbons (Fsp3) is 0.412. The zero-order valence-corrected chi connectivity index (χ0v) is 17.1. The molecule has 0 spiro atoms. The van der Waals surface area contributed by atoms with Gasteiger partial charge in [0.1, 0.15) is 5.82 Å². The number of thioether (sulfide) groups is 1. The van der Waals surface area contributed by atoms with E-state index in [4.69, 9.17) is 0 Å². The third kappa shape index (κ3) is 4.22. The number of piperidine rings is 1. The van der Waals surface area contributed by atoms with Crippen LogP contribution in [-0.2, 0) is 4.79 Å². The molecule has 1 aliphatic heterocycles. The topological polar surface area (TPSA) is 71.0 Å². The molecule has 3 aromatic rings. The Balaban J connectivity index is 1.35. The van der Waals surface area contributed by atoms with Crippen molar-refractivity contribution in [2.75, 3.05) is 29.1 Å². The van der Waals surface area contributed by atoms with Gasteiger partial charge >= 0.3 is 0 Å². The van der Waals surface area contributed by atoms with Crippen molar-refractivity contribution >= 4 is 60.8 Å². The van der Waals surface area contributed by atoms with Crippen molar-refractivity contribution in [1.82, 2.24) is 15.2 Å². The molecule has 2 aromatic heterocycles. The first-order valence-electron chi connectivity index (χ1n) is 8.70. The molecule has 1 fully saturated rings. The van der Waals surface area contributed by atoms with Crippen LogP contribution in [0.4, 0.5) is 14.7 Å². The summed E-state index contributed by atoms with van der Waals surface area (Å²) in [5.74, 6) is 0.647. The molecule has 142 valence electrons. The average Bonchev–Trinajstić information content (AvgIpc) is 3.28. The van der Waals surface area contributed by atoms with Gasteiger partial charge in [-0.2, -0.15) is 0 Å². The van der Waals surface area contributed by atoms with Crippen LogP contribution in [0.3, 0.4) is 0 Å². The van der Waals surface area contributed by atoms with Gasteiger partial charge in [-0.3, -0.25) is 4.79 Å². The number of hydrogen-bond donors (Lipinski definition) is 1. The van der Waals surface area contributed by atoms with Crippen LogP contribution in [0.2, 0.25) is 0 Å². The molecule has 0 unspecified atom stereocenters. The Morgan fingerprint density at radius 3 is 2.93 bits per heavy atom. The molecule has 10 heteroatoms. The standard InChI is InChI=1S/C17H18FN5OS3/c1-2-25-17-22-21-15(27-17)20-14(24)10-5-7-23(8-6-10)16-19-12-4-3-11(18)9-13(12)26-16/h3-4,9-10H,2,5-8H2,1H3,(H,20,21,24). The number of carbonyl (C=O) groups excluding carboxylic acids is 1. The van der Waals surface area contributed by atoms with Gasteiger partial charge in [-0.1, -0.05) is 41.4 Å². The molecule has 1 aliphatic rings. The minimum absolute atomic E-state index is 0.00483. The predicted molar refractivity (Wildman–Crippen MR) is 109 cm³/mol. The third-order valence-electron chi connectivity index (χ3n) is 4.38. The van der Waals surface area contributed by atoms with Crippen LogP contribution in [-0.4, -0.2) is 39.9 Å². The number of halogens is 1. The molecule has 1 saturated heterocycles. The lowest BCUT2D eigenvalue weighted by atomic mass is 9.96. The van der Waals surface area contributed by atoms with E-state index in [-0.39, 0.29) is 17.6 Å². The van der Waals surface area contributed by atoms with Gasteiger partial charge in [-0.25, -0.2) is 9.37 Å². The monoisotopic (exact) mass is 423 g/mol. The summed E-state index contributed by atoms with van der Waals surface area (Å²) in [4.78, 5) is 19.3. The Kier molecular flexibility index (Phi) is 5.55. The molecule has 1 N–H and O–H groups in total. The summed E-state index contributed by atoms with van der Waals surface area (Å²) in [6, 6.07) is 4.65. The molecule has 6 nitrogen and oxygen atoms in total. The molecule has 3 heterocycles. The van der Waals surface area contributed by atoms with Crippen LogP contribution in [0.15, 0.2) is 22.5 Å². The number of anilines is 2. The van der Waals surface area contributed by atoms with E-state index in [2.05, 4.69) is 32.3 Å². The van der Waals surface area contributed by atoms with Crippen LogP contribution in [0.25, 0.3) is 10.2 Å². The number of aromatic nitrogens is 3. The van der Waals surface area contributed by atoms with Crippen molar-refractivity contribution in [3.05, 3.63) is 24.0 Å². The summed E-state index contributed by atoms with van der Waals surface area (Å²) in [6.07, 6.45) is 1.51. The second kappa shape index (κ2) is 8.07. The lowest BCUT2D eigenvalue weighted by Crippen LogP contribution is -2.38. The zero-order valence-electron chi connectivity index (χ0n) is 14.6. The molecule has 0 aliphatic carbocycles. The van der Waals surface area contributed by atoms with Gasteiger partial charge < -0.3 is 10.2 Å². The Bertz CT molecular complexity index is 951. The zero-order chi connectivity index (χ0) is 18.8. The smallest absolute Gasteiger partial charge is 0.229 e. The van der Waals surface area contributed by atoms with Gasteiger partial charge in [0, 0.05) is 19.0 Å². The third-order valence-corrected chi connectivity index (χ3v) is 7.31. The van der Waals surface area contributed by atoms with E-state index < -0.39 is 0 Å². The highest BCUT2D eigenvalue weighted by atomic mass is 32.2. The van der Waals surface area contributed by atoms with Crippen molar-refractivity contribution < 1.29 is 9.18 Å². The summed E-state index contributed by atoms with van der Waals surface area (Å²) in [5.41, 5.74) is 0.813. The minimum atomic E-state index is -0.245. The first-order valence-corrected chi connectivity index (χ1v) is 11.3. The highest BCUT2D eigenvalue weighted by Gasteiger charge is 2.27. The largest absolute Gasteiger partial charge is 0.348 e. The van der Waals surface area contributed by atoms with Gasteiger partial charge in [0.05, 0.1) is 10.2 Å². The number of carbonyl (C=O) groups is 1. The van der Waals surface area contributed by atoms with Crippen LogP contribution in [0, 0.1) is 11.7 Å².